The Morgan fingerprint density at radius 1 is 1.30 bits per heavy atom. The zero-order chi connectivity index (χ0) is 14.5. The van der Waals surface area contributed by atoms with E-state index >= 15 is 0 Å². The fourth-order valence-electron chi connectivity index (χ4n) is 1.89. The second-order valence-electron chi connectivity index (χ2n) is 4.25. The number of rotatable bonds is 6. The Balaban J connectivity index is 2.21. The van der Waals surface area contributed by atoms with Crippen LogP contribution in [-0.4, -0.2) is 29.3 Å². The van der Waals surface area contributed by atoms with Crippen molar-refractivity contribution in [2.75, 3.05) is 13.7 Å². The van der Waals surface area contributed by atoms with Crippen LogP contribution < -0.4 is 0 Å². The highest BCUT2D eigenvalue weighted by Crippen LogP contribution is 2.21. The van der Waals surface area contributed by atoms with Gasteiger partial charge < -0.3 is 4.74 Å². The minimum Gasteiger partial charge on any atom is -0.383 e. The smallest absolute Gasteiger partial charge is 0.186 e. The van der Waals surface area contributed by atoms with E-state index in [1.54, 1.807) is 18.0 Å². The summed E-state index contributed by atoms with van der Waals surface area (Å²) in [6, 6.07) is 7.72. The molecule has 2 rings (SSSR count). The Morgan fingerprint density at radius 2 is 2.05 bits per heavy atom. The van der Waals surface area contributed by atoms with Gasteiger partial charge in [0.2, 0.25) is 0 Å². The lowest BCUT2D eigenvalue weighted by Gasteiger charge is -2.08. The van der Waals surface area contributed by atoms with Gasteiger partial charge in [-0.1, -0.05) is 34.1 Å². The van der Waals surface area contributed by atoms with E-state index in [9.17, 15) is 4.79 Å². The number of hydrogen-bond acceptors (Lipinski definition) is 3. The fourth-order valence-corrected chi connectivity index (χ4v) is 2.83. The lowest BCUT2D eigenvalue weighted by molar-refractivity contribution is 0.0978. The summed E-state index contributed by atoms with van der Waals surface area (Å²) < 4.78 is 8.36. The van der Waals surface area contributed by atoms with Crippen LogP contribution in [0.5, 0.6) is 0 Å². The van der Waals surface area contributed by atoms with Gasteiger partial charge in [0.05, 0.1) is 23.8 Å². The molecule has 0 radical (unpaired) electrons. The van der Waals surface area contributed by atoms with Gasteiger partial charge in [-0.3, -0.25) is 9.48 Å². The zero-order valence-corrected chi connectivity index (χ0v) is 14.1. The van der Waals surface area contributed by atoms with Crippen LogP contribution in [0, 0.1) is 0 Å². The standard InChI is InChI=1S/C14H14Br2N2O2/c1-20-7-6-18-14(12(16)9-17-18)13(19)8-10-4-2-3-5-11(10)15/h2-5,9H,6-8H2,1H3. The summed E-state index contributed by atoms with van der Waals surface area (Å²) in [5.74, 6) is 0.0254. The molecule has 1 heterocycles. The topological polar surface area (TPSA) is 44.1 Å². The highest BCUT2D eigenvalue weighted by molar-refractivity contribution is 9.10. The number of hydrogen-bond donors (Lipinski definition) is 0. The molecule has 0 spiro atoms. The lowest BCUT2D eigenvalue weighted by atomic mass is 10.1. The first kappa shape index (κ1) is 15.4. The zero-order valence-electron chi connectivity index (χ0n) is 11.0. The molecule has 0 saturated heterocycles. The van der Waals surface area contributed by atoms with Crippen molar-refractivity contribution in [2.45, 2.75) is 13.0 Å². The van der Waals surface area contributed by atoms with Crippen LogP contribution in [0.2, 0.25) is 0 Å². The number of methoxy groups -OCH3 is 1. The molecule has 0 saturated carbocycles. The average molecular weight is 402 g/mol. The molecule has 1 aromatic carbocycles. The number of nitrogens with zero attached hydrogens (tertiary/aromatic N) is 2. The SMILES string of the molecule is COCCn1ncc(Br)c1C(=O)Cc1ccccc1Br. The van der Waals surface area contributed by atoms with E-state index in [0.29, 0.717) is 29.7 Å². The fraction of sp³-hybridized carbons (Fsp3) is 0.286. The Labute approximate surface area is 134 Å². The van der Waals surface area contributed by atoms with Crippen molar-refractivity contribution in [1.82, 2.24) is 9.78 Å². The third-order valence-electron chi connectivity index (χ3n) is 2.87. The summed E-state index contributed by atoms with van der Waals surface area (Å²) >= 11 is 6.85. The van der Waals surface area contributed by atoms with Crippen LogP contribution in [0.4, 0.5) is 0 Å². The summed E-state index contributed by atoms with van der Waals surface area (Å²) in [7, 11) is 1.63. The number of benzene rings is 1. The predicted molar refractivity (Wildman–Crippen MR) is 84.0 cm³/mol. The number of aromatic nitrogens is 2. The normalized spacial score (nSPS) is 10.8. The van der Waals surface area contributed by atoms with Gasteiger partial charge in [-0.25, -0.2) is 0 Å². The third kappa shape index (κ3) is 3.56. The number of ether oxygens (including phenoxy) is 1. The first-order chi connectivity index (χ1) is 9.63. The molecule has 0 unspecified atom stereocenters. The van der Waals surface area contributed by atoms with E-state index < -0.39 is 0 Å². The number of carbonyl (C=O) groups excluding carboxylic acids is 1. The van der Waals surface area contributed by atoms with Gasteiger partial charge in [0, 0.05) is 18.0 Å². The maximum absolute atomic E-state index is 12.5. The van der Waals surface area contributed by atoms with Crippen LogP contribution in [0.1, 0.15) is 16.1 Å². The van der Waals surface area contributed by atoms with Gasteiger partial charge in [-0.15, -0.1) is 0 Å². The molecule has 20 heavy (non-hydrogen) atoms. The molecule has 0 bridgehead atoms. The minimum atomic E-state index is 0.0254. The first-order valence-electron chi connectivity index (χ1n) is 6.10. The minimum absolute atomic E-state index is 0.0254. The summed E-state index contributed by atoms with van der Waals surface area (Å²) in [6.45, 7) is 1.07. The highest BCUT2D eigenvalue weighted by Gasteiger charge is 2.18. The summed E-state index contributed by atoms with van der Waals surface area (Å²) in [4.78, 5) is 12.5. The molecule has 0 aliphatic heterocycles. The van der Waals surface area contributed by atoms with Crippen molar-refractivity contribution in [2.24, 2.45) is 0 Å². The molecule has 1 aromatic heterocycles. The molecule has 106 valence electrons. The number of Topliss-reactive ketones (excluding diaryl/α,β-unsaturated/α-hetero) is 1. The van der Waals surface area contributed by atoms with Crippen molar-refractivity contribution in [3.8, 4) is 0 Å². The van der Waals surface area contributed by atoms with Crippen molar-refractivity contribution >= 4 is 37.6 Å². The number of carbonyl (C=O) groups is 1. The summed E-state index contributed by atoms with van der Waals surface area (Å²) in [5, 5.41) is 4.20. The molecule has 0 fully saturated rings. The average Bonchev–Trinajstić information content (AvgIpc) is 2.80. The second kappa shape index (κ2) is 7.15. The van der Waals surface area contributed by atoms with Crippen molar-refractivity contribution < 1.29 is 9.53 Å². The van der Waals surface area contributed by atoms with Gasteiger partial charge in [0.1, 0.15) is 5.69 Å². The Bertz CT molecular complexity index is 611. The van der Waals surface area contributed by atoms with Crippen LogP contribution in [0.25, 0.3) is 0 Å². The second-order valence-corrected chi connectivity index (χ2v) is 5.96. The molecule has 0 aliphatic rings. The number of halogens is 2. The molecule has 2 aromatic rings. The van der Waals surface area contributed by atoms with Crippen molar-refractivity contribution in [3.63, 3.8) is 0 Å². The van der Waals surface area contributed by atoms with Gasteiger partial charge in [-0.05, 0) is 27.6 Å². The highest BCUT2D eigenvalue weighted by atomic mass is 79.9. The van der Waals surface area contributed by atoms with E-state index in [2.05, 4.69) is 37.0 Å². The van der Waals surface area contributed by atoms with Gasteiger partial charge in [0.15, 0.2) is 5.78 Å². The maximum Gasteiger partial charge on any atom is 0.186 e. The summed E-state index contributed by atoms with van der Waals surface area (Å²) in [5.41, 5.74) is 1.54. The van der Waals surface area contributed by atoms with Crippen LogP contribution >= 0.6 is 31.9 Å². The van der Waals surface area contributed by atoms with Crippen molar-refractivity contribution in [1.29, 1.82) is 0 Å². The molecule has 6 heteroatoms. The quantitative estimate of drug-likeness (QED) is 0.696. The van der Waals surface area contributed by atoms with Crippen molar-refractivity contribution in [3.05, 3.63) is 50.7 Å². The maximum atomic E-state index is 12.5. The van der Waals surface area contributed by atoms with Gasteiger partial charge in [0.25, 0.3) is 0 Å². The molecule has 0 N–H and O–H groups in total. The first-order valence-corrected chi connectivity index (χ1v) is 7.69. The molecule has 0 atom stereocenters. The van der Waals surface area contributed by atoms with E-state index in [-0.39, 0.29) is 5.78 Å². The Hall–Kier alpha value is -0.980. The van der Waals surface area contributed by atoms with Crippen LogP contribution in [0.3, 0.4) is 0 Å². The predicted octanol–water partition coefficient (Wildman–Crippen LogP) is 3.48. The van der Waals surface area contributed by atoms with E-state index in [1.807, 2.05) is 24.3 Å². The summed E-state index contributed by atoms with van der Waals surface area (Å²) in [6.07, 6.45) is 1.97. The molecular weight excluding hydrogens is 388 g/mol. The van der Waals surface area contributed by atoms with Gasteiger partial charge in [-0.2, -0.15) is 5.10 Å². The molecule has 0 amide bonds. The third-order valence-corrected chi connectivity index (χ3v) is 4.23. The molecular formula is C14H14Br2N2O2. The number of ketones is 1. The van der Waals surface area contributed by atoms with E-state index in [0.717, 1.165) is 10.0 Å². The Kier molecular flexibility index (Phi) is 5.51. The van der Waals surface area contributed by atoms with Crippen LogP contribution in [0.15, 0.2) is 39.4 Å². The Morgan fingerprint density at radius 3 is 2.75 bits per heavy atom. The van der Waals surface area contributed by atoms with Crippen LogP contribution in [-0.2, 0) is 17.7 Å². The molecule has 0 aliphatic carbocycles. The molecule has 4 nitrogen and oxygen atoms in total. The van der Waals surface area contributed by atoms with Gasteiger partial charge >= 0.3 is 0 Å². The van der Waals surface area contributed by atoms with E-state index in [1.165, 1.54) is 0 Å². The largest absolute Gasteiger partial charge is 0.383 e. The van der Waals surface area contributed by atoms with E-state index in [4.69, 9.17) is 4.74 Å². The monoisotopic (exact) mass is 400 g/mol. The lowest BCUT2D eigenvalue weighted by Crippen LogP contribution is -2.15.